The lowest BCUT2D eigenvalue weighted by Crippen LogP contribution is -2.26. The van der Waals surface area contributed by atoms with Crippen molar-refractivity contribution in [3.63, 3.8) is 0 Å². The zero-order valence-electron chi connectivity index (χ0n) is 11.8. The van der Waals surface area contributed by atoms with Crippen LogP contribution in [0.15, 0.2) is 36.5 Å². The van der Waals surface area contributed by atoms with Gasteiger partial charge in [0.25, 0.3) is 0 Å². The molecule has 1 aromatic heterocycles. The molecule has 0 atom stereocenters. The highest BCUT2D eigenvalue weighted by Gasteiger charge is 2.03. The maximum atomic E-state index is 12.9. The van der Waals surface area contributed by atoms with Gasteiger partial charge in [0.2, 0.25) is 5.91 Å². The number of rotatable bonds is 7. The topological polar surface area (TPSA) is 72.9 Å². The Labute approximate surface area is 123 Å². The molecule has 0 aliphatic rings. The molecule has 1 heterocycles. The highest BCUT2D eigenvalue weighted by atomic mass is 19.1. The van der Waals surface area contributed by atoms with Gasteiger partial charge in [-0.2, -0.15) is 5.10 Å². The fourth-order valence-electron chi connectivity index (χ4n) is 1.91. The number of carbonyl (C=O) groups excluding carboxylic acids is 1. The molecule has 0 fully saturated rings. The fourth-order valence-corrected chi connectivity index (χ4v) is 1.91. The van der Waals surface area contributed by atoms with Crippen LogP contribution in [0.4, 0.5) is 4.39 Å². The van der Waals surface area contributed by atoms with Crippen molar-refractivity contribution in [3.8, 4) is 5.69 Å². The molecule has 0 saturated heterocycles. The van der Waals surface area contributed by atoms with Crippen molar-refractivity contribution in [2.45, 2.75) is 19.3 Å². The van der Waals surface area contributed by atoms with Crippen LogP contribution in [0, 0.1) is 5.82 Å². The SMILES string of the molecule is NCCCC(=O)NCCc1ccn(-c2ccc(F)cc2)n1. The van der Waals surface area contributed by atoms with Crippen LogP contribution in [-0.2, 0) is 11.2 Å². The second-order valence-corrected chi connectivity index (χ2v) is 4.72. The predicted molar refractivity (Wildman–Crippen MR) is 78.5 cm³/mol. The van der Waals surface area contributed by atoms with Gasteiger partial charge in [0, 0.05) is 25.6 Å². The van der Waals surface area contributed by atoms with Gasteiger partial charge in [-0.15, -0.1) is 0 Å². The Bertz CT molecular complexity index is 580. The van der Waals surface area contributed by atoms with E-state index >= 15 is 0 Å². The van der Waals surface area contributed by atoms with Crippen LogP contribution in [-0.4, -0.2) is 28.8 Å². The van der Waals surface area contributed by atoms with E-state index in [9.17, 15) is 9.18 Å². The molecule has 0 aliphatic carbocycles. The molecule has 0 unspecified atom stereocenters. The first-order valence-corrected chi connectivity index (χ1v) is 6.96. The molecule has 112 valence electrons. The zero-order chi connectivity index (χ0) is 15.1. The number of carbonyl (C=O) groups is 1. The van der Waals surface area contributed by atoms with Crippen molar-refractivity contribution in [1.82, 2.24) is 15.1 Å². The minimum absolute atomic E-state index is 0.0124. The average molecular weight is 290 g/mol. The van der Waals surface area contributed by atoms with Crippen LogP contribution in [0.25, 0.3) is 5.69 Å². The third kappa shape index (κ3) is 4.68. The summed E-state index contributed by atoms with van der Waals surface area (Å²) in [6.45, 7) is 1.07. The summed E-state index contributed by atoms with van der Waals surface area (Å²) in [5.74, 6) is -0.260. The fraction of sp³-hybridized carbons (Fsp3) is 0.333. The third-order valence-electron chi connectivity index (χ3n) is 3.05. The van der Waals surface area contributed by atoms with Gasteiger partial charge in [0.1, 0.15) is 5.82 Å². The largest absolute Gasteiger partial charge is 0.356 e. The van der Waals surface area contributed by atoms with Gasteiger partial charge < -0.3 is 11.1 Å². The lowest BCUT2D eigenvalue weighted by atomic mass is 10.3. The Balaban J connectivity index is 1.83. The summed E-state index contributed by atoms with van der Waals surface area (Å²) in [5, 5.41) is 7.22. The van der Waals surface area contributed by atoms with E-state index in [1.807, 2.05) is 12.3 Å². The maximum absolute atomic E-state index is 12.9. The number of benzene rings is 1. The summed E-state index contributed by atoms with van der Waals surface area (Å²) in [6.07, 6.45) is 3.63. The Hall–Kier alpha value is -2.21. The molecule has 0 saturated carbocycles. The number of hydrogen-bond donors (Lipinski definition) is 2. The number of amides is 1. The molecule has 6 heteroatoms. The molecular formula is C15H19FN4O. The molecular weight excluding hydrogens is 271 g/mol. The Morgan fingerprint density at radius 2 is 2.05 bits per heavy atom. The van der Waals surface area contributed by atoms with Crippen molar-refractivity contribution in [3.05, 3.63) is 48.0 Å². The van der Waals surface area contributed by atoms with Crippen molar-refractivity contribution in [2.75, 3.05) is 13.1 Å². The quantitative estimate of drug-likeness (QED) is 0.809. The molecule has 1 amide bonds. The Morgan fingerprint density at radius 1 is 1.29 bits per heavy atom. The minimum atomic E-state index is -0.272. The van der Waals surface area contributed by atoms with Gasteiger partial charge in [0.15, 0.2) is 0 Å². The van der Waals surface area contributed by atoms with Gasteiger partial charge in [-0.25, -0.2) is 9.07 Å². The zero-order valence-corrected chi connectivity index (χ0v) is 11.8. The monoisotopic (exact) mass is 290 g/mol. The van der Waals surface area contributed by atoms with Gasteiger partial charge in [-0.1, -0.05) is 0 Å². The van der Waals surface area contributed by atoms with Crippen LogP contribution in [0.3, 0.4) is 0 Å². The molecule has 2 aromatic rings. The van der Waals surface area contributed by atoms with Crippen LogP contribution >= 0.6 is 0 Å². The normalized spacial score (nSPS) is 10.6. The van der Waals surface area contributed by atoms with Crippen molar-refractivity contribution >= 4 is 5.91 Å². The van der Waals surface area contributed by atoms with Crippen molar-refractivity contribution in [1.29, 1.82) is 0 Å². The summed E-state index contributed by atoms with van der Waals surface area (Å²) in [6, 6.07) is 8.01. The second-order valence-electron chi connectivity index (χ2n) is 4.72. The Kier molecular flexibility index (Phi) is 5.45. The van der Waals surface area contributed by atoms with E-state index in [1.165, 1.54) is 12.1 Å². The highest BCUT2D eigenvalue weighted by molar-refractivity contribution is 5.75. The number of nitrogens with zero attached hydrogens (tertiary/aromatic N) is 2. The smallest absolute Gasteiger partial charge is 0.220 e. The predicted octanol–water partition coefficient (Wildman–Crippen LogP) is 1.41. The van der Waals surface area contributed by atoms with E-state index in [0.29, 0.717) is 32.4 Å². The van der Waals surface area contributed by atoms with Crippen molar-refractivity contribution in [2.24, 2.45) is 5.73 Å². The number of nitrogens with one attached hydrogen (secondary N) is 1. The summed E-state index contributed by atoms with van der Waals surface area (Å²) in [4.78, 5) is 11.4. The molecule has 3 N–H and O–H groups in total. The molecule has 0 bridgehead atoms. The van der Waals surface area contributed by atoms with Gasteiger partial charge in [-0.05, 0) is 43.3 Å². The van der Waals surface area contributed by atoms with E-state index in [4.69, 9.17) is 5.73 Å². The van der Waals surface area contributed by atoms with E-state index in [0.717, 1.165) is 11.4 Å². The molecule has 0 radical (unpaired) electrons. The average Bonchev–Trinajstić information content (AvgIpc) is 2.95. The standard InChI is InChI=1S/C15H19FN4O/c16-12-3-5-14(6-4-12)20-11-8-13(19-20)7-10-18-15(21)2-1-9-17/h3-6,8,11H,1-2,7,9-10,17H2,(H,18,21). The number of halogens is 1. The van der Waals surface area contributed by atoms with Crippen LogP contribution in [0.5, 0.6) is 0 Å². The molecule has 0 aliphatic heterocycles. The van der Waals surface area contributed by atoms with Crippen molar-refractivity contribution < 1.29 is 9.18 Å². The number of hydrogen-bond acceptors (Lipinski definition) is 3. The lowest BCUT2D eigenvalue weighted by molar-refractivity contribution is -0.121. The molecule has 1 aromatic carbocycles. The first-order chi connectivity index (χ1) is 10.2. The summed E-state index contributed by atoms with van der Waals surface area (Å²) >= 11 is 0. The molecule has 21 heavy (non-hydrogen) atoms. The van der Waals surface area contributed by atoms with Crippen LogP contribution in [0.2, 0.25) is 0 Å². The first kappa shape index (κ1) is 15.2. The number of aromatic nitrogens is 2. The summed E-state index contributed by atoms with van der Waals surface area (Å²) in [7, 11) is 0. The van der Waals surface area contributed by atoms with E-state index in [2.05, 4.69) is 10.4 Å². The summed E-state index contributed by atoms with van der Waals surface area (Å²) in [5.41, 5.74) is 7.02. The molecule has 5 nitrogen and oxygen atoms in total. The van der Waals surface area contributed by atoms with Crippen LogP contribution < -0.4 is 11.1 Å². The highest BCUT2D eigenvalue weighted by Crippen LogP contribution is 2.09. The molecule has 2 rings (SSSR count). The van der Waals surface area contributed by atoms with Crippen LogP contribution in [0.1, 0.15) is 18.5 Å². The molecule has 0 spiro atoms. The van der Waals surface area contributed by atoms with E-state index < -0.39 is 0 Å². The minimum Gasteiger partial charge on any atom is -0.356 e. The lowest BCUT2D eigenvalue weighted by Gasteiger charge is -2.03. The van der Waals surface area contributed by atoms with Gasteiger partial charge in [-0.3, -0.25) is 4.79 Å². The first-order valence-electron chi connectivity index (χ1n) is 6.96. The van der Waals surface area contributed by atoms with Gasteiger partial charge >= 0.3 is 0 Å². The van der Waals surface area contributed by atoms with E-state index in [-0.39, 0.29) is 11.7 Å². The van der Waals surface area contributed by atoms with E-state index in [1.54, 1.807) is 16.8 Å². The van der Waals surface area contributed by atoms with Gasteiger partial charge in [0.05, 0.1) is 11.4 Å². The maximum Gasteiger partial charge on any atom is 0.220 e. The Morgan fingerprint density at radius 3 is 2.76 bits per heavy atom. The second kappa shape index (κ2) is 7.54. The number of nitrogens with two attached hydrogens (primary N) is 1. The third-order valence-corrected chi connectivity index (χ3v) is 3.05. The summed E-state index contributed by atoms with van der Waals surface area (Å²) < 4.78 is 14.5.